The number of piperazine rings is 1. The minimum atomic E-state index is -0.927. The maximum absolute atomic E-state index is 13.7. The average molecular weight is 283 g/mol. The number of benzene rings is 1. The first kappa shape index (κ1) is 14.4. The van der Waals surface area contributed by atoms with Crippen LogP contribution >= 0.6 is 0 Å². The van der Waals surface area contributed by atoms with Crippen LogP contribution in [0, 0.1) is 11.6 Å². The van der Waals surface area contributed by atoms with Gasteiger partial charge in [-0.15, -0.1) is 0 Å². The van der Waals surface area contributed by atoms with E-state index < -0.39 is 29.1 Å². The first-order valence-electron chi connectivity index (χ1n) is 6.23. The summed E-state index contributed by atoms with van der Waals surface area (Å²) >= 11 is 0. The molecule has 1 aromatic rings. The van der Waals surface area contributed by atoms with Crippen LogP contribution in [-0.4, -0.2) is 49.4 Å². The highest BCUT2D eigenvalue weighted by molar-refractivity contribution is 5.98. The van der Waals surface area contributed by atoms with Crippen molar-refractivity contribution in [2.45, 2.75) is 6.04 Å². The Labute approximate surface area is 114 Å². The van der Waals surface area contributed by atoms with Crippen LogP contribution in [0.15, 0.2) is 18.2 Å². The summed E-state index contributed by atoms with van der Waals surface area (Å²) in [6.45, 7) is 0.932. The zero-order valence-corrected chi connectivity index (χ0v) is 11.0. The molecule has 108 valence electrons. The van der Waals surface area contributed by atoms with Gasteiger partial charge in [0.15, 0.2) is 0 Å². The van der Waals surface area contributed by atoms with Gasteiger partial charge in [0.05, 0.1) is 0 Å². The first-order chi connectivity index (χ1) is 9.56. The van der Waals surface area contributed by atoms with E-state index in [-0.39, 0.29) is 19.0 Å². The Morgan fingerprint density at radius 2 is 2.00 bits per heavy atom. The van der Waals surface area contributed by atoms with Crippen LogP contribution in [0.3, 0.4) is 0 Å². The van der Waals surface area contributed by atoms with Crippen LogP contribution in [0.2, 0.25) is 0 Å². The lowest BCUT2D eigenvalue weighted by molar-refractivity contribution is -0.125. The van der Waals surface area contributed by atoms with Gasteiger partial charge in [0, 0.05) is 26.7 Å². The SMILES string of the molecule is CNC(=O)C1CNCCN1C(=O)c1c(F)cccc1F. The van der Waals surface area contributed by atoms with Crippen LogP contribution in [0.5, 0.6) is 0 Å². The molecule has 2 rings (SSSR count). The fourth-order valence-electron chi connectivity index (χ4n) is 2.19. The van der Waals surface area contributed by atoms with Crippen molar-refractivity contribution in [1.82, 2.24) is 15.5 Å². The molecule has 1 aromatic carbocycles. The second-order valence-electron chi connectivity index (χ2n) is 4.43. The molecule has 1 aliphatic heterocycles. The van der Waals surface area contributed by atoms with E-state index in [2.05, 4.69) is 10.6 Å². The van der Waals surface area contributed by atoms with Crippen molar-refractivity contribution in [2.24, 2.45) is 0 Å². The third-order valence-corrected chi connectivity index (χ3v) is 3.23. The van der Waals surface area contributed by atoms with Crippen molar-refractivity contribution < 1.29 is 18.4 Å². The van der Waals surface area contributed by atoms with Crippen LogP contribution in [-0.2, 0) is 4.79 Å². The molecule has 7 heteroatoms. The highest BCUT2D eigenvalue weighted by atomic mass is 19.1. The molecule has 0 aromatic heterocycles. The number of carbonyl (C=O) groups excluding carboxylic acids is 2. The summed E-state index contributed by atoms with van der Waals surface area (Å²) in [6, 6.07) is 2.45. The Morgan fingerprint density at radius 3 is 2.60 bits per heavy atom. The number of likely N-dealkylation sites (N-methyl/N-ethyl adjacent to an activating group) is 1. The fraction of sp³-hybridized carbons (Fsp3) is 0.385. The molecule has 2 amide bonds. The Hall–Kier alpha value is -2.02. The second-order valence-corrected chi connectivity index (χ2v) is 4.43. The Balaban J connectivity index is 2.33. The number of nitrogens with one attached hydrogen (secondary N) is 2. The van der Waals surface area contributed by atoms with Gasteiger partial charge in [-0.25, -0.2) is 8.78 Å². The lowest BCUT2D eigenvalue weighted by atomic mass is 10.1. The van der Waals surface area contributed by atoms with Gasteiger partial charge in [-0.05, 0) is 12.1 Å². The number of carbonyl (C=O) groups is 2. The maximum Gasteiger partial charge on any atom is 0.260 e. The molecule has 1 heterocycles. The molecule has 2 N–H and O–H groups in total. The first-order valence-corrected chi connectivity index (χ1v) is 6.23. The monoisotopic (exact) mass is 283 g/mol. The highest BCUT2D eigenvalue weighted by Gasteiger charge is 2.34. The van der Waals surface area contributed by atoms with E-state index in [1.807, 2.05) is 0 Å². The van der Waals surface area contributed by atoms with E-state index >= 15 is 0 Å². The van der Waals surface area contributed by atoms with Gasteiger partial charge >= 0.3 is 0 Å². The zero-order valence-electron chi connectivity index (χ0n) is 11.0. The predicted octanol–water partition coefficient (Wildman–Crippen LogP) is 0.125. The van der Waals surface area contributed by atoms with Crippen molar-refractivity contribution in [2.75, 3.05) is 26.7 Å². The quantitative estimate of drug-likeness (QED) is 0.811. The van der Waals surface area contributed by atoms with E-state index in [1.54, 1.807) is 0 Å². The number of rotatable bonds is 2. The van der Waals surface area contributed by atoms with Crippen molar-refractivity contribution >= 4 is 11.8 Å². The van der Waals surface area contributed by atoms with E-state index in [4.69, 9.17) is 0 Å². The zero-order chi connectivity index (χ0) is 14.7. The Kier molecular flexibility index (Phi) is 4.29. The lowest BCUT2D eigenvalue weighted by Gasteiger charge is -2.35. The number of hydrogen-bond donors (Lipinski definition) is 2. The summed E-state index contributed by atoms with van der Waals surface area (Å²) in [5.74, 6) is -3.04. The van der Waals surface area contributed by atoms with Crippen molar-refractivity contribution in [3.8, 4) is 0 Å². The molecular weight excluding hydrogens is 268 g/mol. The van der Waals surface area contributed by atoms with Crippen LogP contribution < -0.4 is 10.6 Å². The minimum absolute atomic E-state index is 0.213. The number of halogens is 2. The van der Waals surface area contributed by atoms with E-state index in [0.717, 1.165) is 12.1 Å². The molecule has 5 nitrogen and oxygen atoms in total. The van der Waals surface area contributed by atoms with Gasteiger partial charge in [-0.1, -0.05) is 6.07 Å². The van der Waals surface area contributed by atoms with E-state index in [9.17, 15) is 18.4 Å². The van der Waals surface area contributed by atoms with Crippen molar-refractivity contribution in [1.29, 1.82) is 0 Å². The number of nitrogens with zero attached hydrogens (tertiary/aromatic N) is 1. The van der Waals surface area contributed by atoms with Crippen molar-refractivity contribution in [3.63, 3.8) is 0 Å². The summed E-state index contributed by atoms with van der Waals surface area (Å²) in [5.41, 5.74) is -0.622. The van der Waals surface area contributed by atoms with Gasteiger partial charge < -0.3 is 15.5 Å². The lowest BCUT2D eigenvalue weighted by Crippen LogP contribution is -2.59. The smallest absolute Gasteiger partial charge is 0.260 e. The molecule has 0 spiro atoms. The van der Waals surface area contributed by atoms with Gasteiger partial charge in [0.1, 0.15) is 23.2 Å². The summed E-state index contributed by atoms with van der Waals surface area (Å²) in [5, 5.41) is 5.41. The van der Waals surface area contributed by atoms with Crippen LogP contribution in [0.25, 0.3) is 0 Å². The van der Waals surface area contributed by atoms with Gasteiger partial charge in [-0.2, -0.15) is 0 Å². The summed E-state index contributed by atoms with van der Waals surface area (Å²) in [4.78, 5) is 25.3. The molecule has 0 aliphatic carbocycles. The molecular formula is C13H15F2N3O2. The van der Waals surface area contributed by atoms with Crippen LogP contribution in [0.1, 0.15) is 10.4 Å². The second kappa shape index (κ2) is 5.96. The van der Waals surface area contributed by atoms with Crippen molar-refractivity contribution in [3.05, 3.63) is 35.4 Å². The molecule has 1 unspecified atom stereocenters. The minimum Gasteiger partial charge on any atom is -0.357 e. The fourth-order valence-corrected chi connectivity index (χ4v) is 2.19. The highest BCUT2D eigenvalue weighted by Crippen LogP contribution is 2.17. The number of hydrogen-bond acceptors (Lipinski definition) is 3. The Morgan fingerprint density at radius 1 is 1.35 bits per heavy atom. The third kappa shape index (κ3) is 2.62. The number of amides is 2. The third-order valence-electron chi connectivity index (χ3n) is 3.23. The van der Waals surface area contributed by atoms with E-state index in [0.29, 0.717) is 6.54 Å². The van der Waals surface area contributed by atoms with Crippen LogP contribution in [0.4, 0.5) is 8.78 Å². The molecule has 1 saturated heterocycles. The van der Waals surface area contributed by atoms with E-state index in [1.165, 1.54) is 18.0 Å². The summed E-state index contributed by atoms with van der Waals surface area (Å²) < 4.78 is 27.3. The molecule has 0 radical (unpaired) electrons. The molecule has 1 atom stereocenters. The summed E-state index contributed by atoms with van der Waals surface area (Å²) in [7, 11) is 1.45. The van der Waals surface area contributed by atoms with Gasteiger partial charge in [0.2, 0.25) is 5.91 Å². The maximum atomic E-state index is 13.7. The molecule has 1 aliphatic rings. The predicted molar refractivity (Wildman–Crippen MR) is 68.1 cm³/mol. The Bertz CT molecular complexity index is 516. The average Bonchev–Trinajstić information content (AvgIpc) is 2.46. The largest absolute Gasteiger partial charge is 0.357 e. The molecule has 20 heavy (non-hydrogen) atoms. The summed E-state index contributed by atoms with van der Waals surface area (Å²) in [6.07, 6.45) is 0. The standard InChI is InChI=1S/C13H15F2N3O2/c1-16-12(19)10-7-17-5-6-18(10)13(20)11-8(14)3-2-4-9(11)15/h2-4,10,17H,5-7H2,1H3,(H,16,19). The topological polar surface area (TPSA) is 61.4 Å². The molecule has 1 fully saturated rings. The van der Waals surface area contributed by atoms with Gasteiger partial charge in [-0.3, -0.25) is 9.59 Å². The van der Waals surface area contributed by atoms with Gasteiger partial charge in [0.25, 0.3) is 5.91 Å². The molecule has 0 saturated carbocycles. The molecule has 0 bridgehead atoms. The normalized spacial score (nSPS) is 18.8.